The molecule has 2 heterocycles. The molecule has 0 aliphatic carbocycles. The second-order valence-electron chi connectivity index (χ2n) is 7.19. The Morgan fingerprint density at radius 1 is 1.17 bits per heavy atom. The topological polar surface area (TPSA) is 54.9 Å². The van der Waals surface area contributed by atoms with E-state index < -0.39 is 0 Å². The maximum Gasteiger partial charge on any atom is 0.257 e. The molecule has 1 aliphatic rings. The fourth-order valence-electron chi connectivity index (χ4n) is 3.41. The van der Waals surface area contributed by atoms with Crippen molar-refractivity contribution < 1.29 is 14.3 Å². The Morgan fingerprint density at radius 3 is 2.67 bits per heavy atom. The Morgan fingerprint density at radius 2 is 1.93 bits per heavy atom. The van der Waals surface area contributed by atoms with Crippen molar-refractivity contribution in [1.29, 1.82) is 0 Å². The van der Waals surface area contributed by atoms with E-state index in [1.54, 1.807) is 16.5 Å². The third-order valence-corrected chi connectivity index (χ3v) is 5.69. The lowest BCUT2D eigenvalue weighted by molar-refractivity contribution is 0.0780. The molecule has 0 spiro atoms. The summed E-state index contributed by atoms with van der Waals surface area (Å²) < 4.78 is 11.3. The number of amides is 1. The molecule has 0 saturated carbocycles. The van der Waals surface area contributed by atoms with Crippen LogP contribution in [0, 0.1) is 0 Å². The lowest BCUT2D eigenvalue weighted by Gasteiger charge is -2.29. The van der Waals surface area contributed by atoms with E-state index in [1.165, 1.54) is 17.0 Å². The highest BCUT2D eigenvalue weighted by atomic mass is 32.1. The Bertz CT molecular complexity index is 954. The molecule has 7 heteroatoms. The molecule has 4 rings (SSSR count). The molecule has 1 amide bonds. The molecule has 30 heavy (non-hydrogen) atoms. The average Bonchev–Trinajstić information content (AvgIpc) is 3.32. The lowest BCUT2D eigenvalue weighted by atomic mass is 10.1. The van der Waals surface area contributed by atoms with Crippen LogP contribution < -0.4 is 9.64 Å². The van der Waals surface area contributed by atoms with Crippen molar-refractivity contribution >= 4 is 22.9 Å². The molecule has 6 nitrogen and oxygen atoms in total. The zero-order valence-corrected chi connectivity index (χ0v) is 17.8. The number of ether oxygens (including phenoxy) is 2. The number of carbonyl (C=O) groups excluding carboxylic acids is 1. The number of aromatic nitrogens is 1. The highest BCUT2D eigenvalue weighted by Crippen LogP contribution is 2.22. The summed E-state index contributed by atoms with van der Waals surface area (Å²) in [5, 5.41) is 1.94. The van der Waals surface area contributed by atoms with Crippen molar-refractivity contribution in [2.75, 3.05) is 38.3 Å². The van der Waals surface area contributed by atoms with Crippen LogP contribution in [0.25, 0.3) is 0 Å². The SMILES string of the molecule is CN(Cc1ccc(N2CCOCC2)cc1)C(=O)c1ccccc1OCc1cscn1. The average molecular weight is 424 g/mol. The number of para-hydroxylation sites is 1. The molecule has 2 aromatic carbocycles. The van der Waals surface area contributed by atoms with Crippen LogP contribution in [0.5, 0.6) is 5.75 Å². The van der Waals surface area contributed by atoms with Crippen LogP contribution in [-0.2, 0) is 17.9 Å². The van der Waals surface area contributed by atoms with Crippen LogP contribution in [-0.4, -0.2) is 49.1 Å². The third-order valence-electron chi connectivity index (χ3n) is 5.06. The first-order chi connectivity index (χ1) is 14.7. The molecule has 0 bridgehead atoms. The van der Waals surface area contributed by atoms with Gasteiger partial charge in [0.25, 0.3) is 5.91 Å². The molecule has 0 N–H and O–H groups in total. The summed E-state index contributed by atoms with van der Waals surface area (Å²) in [6.45, 7) is 4.24. The summed E-state index contributed by atoms with van der Waals surface area (Å²) in [7, 11) is 1.81. The number of thiazole rings is 1. The first kappa shape index (κ1) is 20.4. The Labute approximate surface area is 180 Å². The zero-order valence-electron chi connectivity index (χ0n) is 17.0. The van der Waals surface area contributed by atoms with Crippen molar-refractivity contribution in [3.8, 4) is 5.75 Å². The predicted octanol–water partition coefficient (Wildman–Crippen LogP) is 3.83. The molecule has 0 atom stereocenters. The van der Waals surface area contributed by atoms with E-state index in [1.807, 2.05) is 30.6 Å². The molecule has 156 valence electrons. The van der Waals surface area contributed by atoms with Gasteiger partial charge in [-0.05, 0) is 29.8 Å². The first-order valence-electron chi connectivity index (χ1n) is 9.97. The summed E-state index contributed by atoms with van der Waals surface area (Å²) in [6, 6.07) is 15.7. The van der Waals surface area contributed by atoms with Gasteiger partial charge in [-0.2, -0.15) is 0 Å². The minimum atomic E-state index is -0.0684. The largest absolute Gasteiger partial charge is 0.486 e. The Kier molecular flexibility index (Phi) is 6.61. The van der Waals surface area contributed by atoms with Crippen LogP contribution in [0.2, 0.25) is 0 Å². The second kappa shape index (κ2) is 9.73. The van der Waals surface area contributed by atoms with Crippen molar-refractivity contribution in [1.82, 2.24) is 9.88 Å². The first-order valence-corrected chi connectivity index (χ1v) is 10.9. The highest BCUT2D eigenvalue weighted by molar-refractivity contribution is 7.07. The van der Waals surface area contributed by atoms with E-state index in [0.29, 0.717) is 24.5 Å². The van der Waals surface area contributed by atoms with E-state index >= 15 is 0 Å². The van der Waals surface area contributed by atoms with Gasteiger partial charge in [-0.3, -0.25) is 4.79 Å². The minimum absolute atomic E-state index is 0.0684. The molecule has 0 radical (unpaired) electrons. The van der Waals surface area contributed by atoms with E-state index in [2.05, 4.69) is 34.1 Å². The van der Waals surface area contributed by atoms with Crippen molar-refractivity contribution in [3.63, 3.8) is 0 Å². The summed E-state index contributed by atoms with van der Waals surface area (Å²) in [5.74, 6) is 0.506. The normalized spacial score (nSPS) is 13.8. The lowest BCUT2D eigenvalue weighted by Crippen LogP contribution is -2.36. The third kappa shape index (κ3) is 4.98. The molecule has 1 aliphatic heterocycles. The van der Waals surface area contributed by atoms with Gasteiger partial charge in [0.05, 0.1) is 30.0 Å². The number of benzene rings is 2. The number of nitrogens with zero attached hydrogens (tertiary/aromatic N) is 3. The van der Waals surface area contributed by atoms with Crippen LogP contribution >= 0.6 is 11.3 Å². The summed E-state index contributed by atoms with van der Waals surface area (Å²) in [4.78, 5) is 21.3. The van der Waals surface area contributed by atoms with Gasteiger partial charge in [0.15, 0.2) is 0 Å². The number of carbonyl (C=O) groups is 1. The molecular weight excluding hydrogens is 398 g/mol. The number of hydrogen-bond acceptors (Lipinski definition) is 6. The van der Waals surface area contributed by atoms with Gasteiger partial charge < -0.3 is 19.3 Å². The summed E-state index contributed by atoms with van der Waals surface area (Å²) >= 11 is 1.53. The van der Waals surface area contributed by atoms with E-state index in [-0.39, 0.29) is 5.91 Å². The van der Waals surface area contributed by atoms with E-state index in [9.17, 15) is 4.79 Å². The fourth-order valence-corrected chi connectivity index (χ4v) is 3.96. The van der Waals surface area contributed by atoms with Crippen LogP contribution in [0.15, 0.2) is 59.4 Å². The smallest absolute Gasteiger partial charge is 0.257 e. The highest BCUT2D eigenvalue weighted by Gasteiger charge is 2.17. The number of morpholine rings is 1. The summed E-state index contributed by atoms with van der Waals surface area (Å²) in [6.07, 6.45) is 0. The molecular formula is C23H25N3O3S. The maximum absolute atomic E-state index is 13.1. The number of anilines is 1. The quantitative estimate of drug-likeness (QED) is 0.578. The van der Waals surface area contributed by atoms with Gasteiger partial charge in [-0.25, -0.2) is 4.98 Å². The minimum Gasteiger partial charge on any atom is -0.486 e. The maximum atomic E-state index is 13.1. The monoisotopic (exact) mass is 423 g/mol. The van der Waals surface area contributed by atoms with Gasteiger partial charge in [0.1, 0.15) is 12.4 Å². The van der Waals surface area contributed by atoms with Crippen LogP contribution in [0.1, 0.15) is 21.6 Å². The molecule has 0 unspecified atom stereocenters. The van der Waals surface area contributed by atoms with Crippen molar-refractivity contribution in [2.24, 2.45) is 0 Å². The zero-order chi connectivity index (χ0) is 20.8. The van der Waals surface area contributed by atoms with Crippen LogP contribution in [0.4, 0.5) is 5.69 Å². The standard InChI is InChI=1S/C23H25N3O3S/c1-25(14-18-6-8-20(9-7-18)26-10-12-28-13-11-26)23(27)21-4-2-3-5-22(21)29-15-19-16-30-17-24-19/h2-9,16-17H,10-15H2,1H3. The van der Waals surface area contributed by atoms with Gasteiger partial charge in [-0.15, -0.1) is 11.3 Å². The number of hydrogen-bond donors (Lipinski definition) is 0. The predicted molar refractivity (Wildman–Crippen MR) is 118 cm³/mol. The molecule has 1 saturated heterocycles. The van der Waals surface area contributed by atoms with Crippen molar-refractivity contribution in [3.05, 3.63) is 76.2 Å². The Balaban J connectivity index is 1.40. The van der Waals surface area contributed by atoms with Gasteiger partial charge >= 0.3 is 0 Å². The summed E-state index contributed by atoms with van der Waals surface area (Å²) in [5.41, 5.74) is 5.46. The molecule has 1 fully saturated rings. The van der Waals surface area contributed by atoms with E-state index in [4.69, 9.17) is 9.47 Å². The van der Waals surface area contributed by atoms with Gasteiger partial charge in [0, 0.05) is 37.7 Å². The molecule has 1 aromatic heterocycles. The van der Waals surface area contributed by atoms with Gasteiger partial charge in [-0.1, -0.05) is 24.3 Å². The van der Waals surface area contributed by atoms with E-state index in [0.717, 1.165) is 37.6 Å². The van der Waals surface area contributed by atoms with Gasteiger partial charge in [0.2, 0.25) is 0 Å². The Hall–Kier alpha value is -2.90. The second-order valence-corrected chi connectivity index (χ2v) is 7.91. The van der Waals surface area contributed by atoms with Crippen molar-refractivity contribution in [2.45, 2.75) is 13.2 Å². The van der Waals surface area contributed by atoms with Crippen LogP contribution in [0.3, 0.4) is 0 Å². The molecule has 3 aromatic rings. The number of rotatable bonds is 7. The fraction of sp³-hybridized carbons (Fsp3) is 0.304.